The summed E-state index contributed by atoms with van der Waals surface area (Å²) >= 11 is 0. The number of hydrogen-bond donors (Lipinski definition) is 0. The van der Waals surface area contributed by atoms with Crippen LogP contribution in [-0.2, 0) is 28.6 Å². The monoisotopic (exact) mass is 1160 g/mol. The SMILES string of the molecule is CCCCCCC/C=C\C/C=C\C/C=C\CCCCCCCCCCCCC(=O)OC(COC(=O)CCCCCCCCC)COC(=O)CCCCCCCCCCCCCCCCCCCCCCC/C=C\C/C=C\CCCCCCC. The predicted octanol–water partition coefficient (Wildman–Crippen LogP) is 25.5. The summed E-state index contributed by atoms with van der Waals surface area (Å²) in [6, 6.07) is 0. The molecule has 0 rings (SSSR count). The highest BCUT2D eigenvalue weighted by atomic mass is 16.6. The summed E-state index contributed by atoms with van der Waals surface area (Å²) < 4.78 is 16.9. The van der Waals surface area contributed by atoms with Gasteiger partial charge in [0.15, 0.2) is 6.10 Å². The van der Waals surface area contributed by atoms with Crippen LogP contribution in [-0.4, -0.2) is 37.2 Å². The van der Waals surface area contributed by atoms with Crippen molar-refractivity contribution in [2.75, 3.05) is 13.2 Å². The van der Waals surface area contributed by atoms with E-state index in [2.05, 4.69) is 81.5 Å². The van der Waals surface area contributed by atoms with Crippen LogP contribution in [0, 0.1) is 0 Å². The fourth-order valence-corrected chi connectivity index (χ4v) is 11.0. The third-order valence-corrected chi connectivity index (χ3v) is 16.5. The van der Waals surface area contributed by atoms with Crippen LogP contribution >= 0.6 is 0 Å². The average Bonchev–Trinajstić information content (AvgIpc) is 3.50. The molecular formula is C77H140O6. The van der Waals surface area contributed by atoms with Crippen molar-refractivity contribution < 1.29 is 28.6 Å². The van der Waals surface area contributed by atoms with E-state index in [0.717, 1.165) is 77.0 Å². The van der Waals surface area contributed by atoms with E-state index in [9.17, 15) is 14.4 Å². The number of rotatable bonds is 68. The molecule has 0 heterocycles. The number of ether oxygens (including phenoxy) is 3. The normalized spacial score (nSPS) is 12.4. The first-order valence-electron chi connectivity index (χ1n) is 36.8. The molecule has 0 spiro atoms. The minimum absolute atomic E-state index is 0.0710. The molecule has 0 saturated carbocycles. The number of allylic oxidation sites excluding steroid dienone is 10. The number of unbranched alkanes of at least 4 members (excludes halogenated alkanes) is 47. The lowest BCUT2D eigenvalue weighted by Crippen LogP contribution is -2.30. The molecule has 0 fully saturated rings. The molecular weight excluding hydrogens is 1020 g/mol. The summed E-state index contributed by atoms with van der Waals surface area (Å²) in [5.74, 6) is -0.859. The molecule has 0 amide bonds. The first kappa shape index (κ1) is 80.1. The standard InChI is InChI=1S/C77H140O6/c1-4-7-10-13-16-18-20-22-24-26-28-30-32-34-35-36-37-38-39-40-41-43-44-46-48-50-52-54-56-58-61-64-67-70-76(79)82-73-74(72-81-75(78)69-66-63-60-15-12-9-6-3)83-77(80)71-68-65-62-59-57-55-53-51-49-47-45-42-33-31-29-27-25-23-21-19-17-14-11-8-5-2/h20-23,26-29,33,42,74H,4-19,24-25,30-32,34-41,43-73H2,1-3H3/b22-20-,23-21-,28-26-,29-27-,42-33-. The van der Waals surface area contributed by atoms with Crippen LogP contribution in [0.3, 0.4) is 0 Å². The molecule has 1 atom stereocenters. The van der Waals surface area contributed by atoms with Crippen molar-refractivity contribution >= 4 is 17.9 Å². The Morgan fingerprint density at radius 2 is 0.434 bits per heavy atom. The first-order valence-corrected chi connectivity index (χ1v) is 36.8. The number of carbonyl (C=O) groups excluding carboxylic acids is 3. The molecule has 83 heavy (non-hydrogen) atoms. The summed E-state index contributed by atoms with van der Waals surface area (Å²) in [4.78, 5) is 38.2. The third-order valence-electron chi connectivity index (χ3n) is 16.5. The number of carbonyl (C=O) groups is 3. The lowest BCUT2D eigenvalue weighted by Gasteiger charge is -2.18. The van der Waals surface area contributed by atoms with Crippen molar-refractivity contribution in [3.63, 3.8) is 0 Å². The summed E-state index contributed by atoms with van der Waals surface area (Å²) in [5.41, 5.74) is 0. The largest absolute Gasteiger partial charge is 0.462 e. The van der Waals surface area contributed by atoms with Gasteiger partial charge in [-0.15, -0.1) is 0 Å². The molecule has 6 nitrogen and oxygen atoms in total. The maximum absolute atomic E-state index is 12.9. The van der Waals surface area contributed by atoms with Crippen LogP contribution < -0.4 is 0 Å². The topological polar surface area (TPSA) is 78.9 Å². The highest BCUT2D eigenvalue weighted by Crippen LogP contribution is 2.18. The van der Waals surface area contributed by atoms with Crippen molar-refractivity contribution in [1.29, 1.82) is 0 Å². The smallest absolute Gasteiger partial charge is 0.306 e. The van der Waals surface area contributed by atoms with Gasteiger partial charge >= 0.3 is 17.9 Å². The van der Waals surface area contributed by atoms with E-state index in [1.165, 1.54) is 276 Å². The van der Waals surface area contributed by atoms with Crippen molar-refractivity contribution in [3.8, 4) is 0 Å². The van der Waals surface area contributed by atoms with E-state index in [0.29, 0.717) is 19.3 Å². The molecule has 0 aliphatic heterocycles. The second-order valence-electron chi connectivity index (χ2n) is 24.9. The van der Waals surface area contributed by atoms with Crippen molar-refractivity contribution in [3.05, 3.63) is 60.8 Å². The molecule has 484 valence electrons. The van der Waals surface area contributed by atoms with E-state index >= 15 is 0 Å². The van der Waals surface area contributed by atoms with Gasteiger partial charge in [-0.1, -0.05) is 345 Å². The Morgan fingerprint density at radius 3 is 0.675 bits per heavy atom. The Morgan fingerprint density at radius 1 is 0.241 bits per heavy atom. The van der Waals surface area contributed by atoms with Crippen LogP contribution in [0.4, 0.5) is 0 Å². The minimum Gasteiger partial charge on any atom is -0.462 e. The van der Waals surface area contributed by atoms with Gasteiger partial charge in [0.25, 0.3) is 0 Å². The second-order valence-corrected chi connectivity index (χ2v) is 24.9. The lowest BCUT2D eigenvalue weighted by atomic mass is 10.0. The summed E-state index contributed by atoms with van der Waals surface area (Å²) in [5, 5.41) is 0. The quantitative estimate of drug-likeness (QED) is 0.0261. The highest BCUT2D eigenvalue weighted by Gasteiger charge is 2.19. The summed E-state index contributed by atoms with van der Waals surface area (Å²) in [7, 11) is 0. The van der Waals surface area contributed by atoms with Crippen molar-refractivity contribution in [1.82, 2.24) is 0 Å². The minimum atomic E-state index is -0.773. The van der Waals surface area contributed by atoms with Gasteiger partial charge in [-0.25, -0.2) is 0 Å². The lowest BCUT2D eigenvalue weighted by molar-refractivity contribution is -0.167. The maximum atomic E-state index is 12.9. The molecule has 0 aliphatic carbocycles. The number of esters is 3. The zero-order chi connectivity index (χ0) is 59.9. The first-order chi connectivity index (χ1) is 41.0. The van der Waals surface area contributed by atoms with E-state index in [4.69, 9.17) is 14.2 Å². The Balaban J connectivity index is 4.00. The molecule has 0 radical (unpaired) electrons. The second kappa shape index (κ2) is 71.6. The Hall–Kier alpha value is -2.89. The Bertz CT molecular complexity index is 1470. The van der Waals surface area contributed by atoms with E-state index in [-0.39, 0.29) is 31.1 Å². The zero-order valence-corrected chi connectivity index (χ0v) is 55.7. The van der Waals surface area contributed by atoms with Crippen LogP contribution in [0.15, 0.2) is 60.8 Å². The summed E-state index contributed by atoms with van der Waals surface area (Å²) in [6.07, 6.45) is 93.0. The van der Waals surface area contributed by atoms with Crippen molar-refractivity contribution in [2.45, 2.75) is 399 Å². The van der Waals surface area contributed by atoms with Crippen LogP contribution in [0.25, 0.3) is 0 Å². The molecule has 0 N–H and O–H groups in total. The number of hydrogen-bond acceptors (Lipinski definition) is 6. The fraction of sp³-hybridized carbons (Fsp3) is 0.831. The van der Waals surface area contributed by atoms with E-state index < -0.39 is 6.10 Å². The third kappa shape index (κ3) is 69.8. The van der Waals surface area contributed by atoms with Crippen LogP contribution in [0.5, 0.6) is 0 Å². The molecule has 0 aliphatic rings. The van der Waals surface area contributed by atoms with Gasteiger partial charge in [0.1, 0.15) is 13.2 Å². The zero-order valence-electron chi connectivity index (χ0n) is 55.7. The molecule has 0 bridgehead atoms. The van der Waals surface area contributed by atoms with Gasteiger partial charge in [0.2, 0.25) is 0 Å². The van der Waals surface area contributed by atoms with E-state index in [1.54, 1.807) is 0 Å². The van der Waals surface area contributed by atoms with Crippen LogP contribution in [0.1, 0.15) is 393 Å². The van der Waals surface area contributed by atoms with Gasteiger partial charge in [0.05, 0.1) is 0 Å². The molecule has 1 unspecified atom stereocenters. The van der Waals surface area contributed by atoms with Crippen molar-refractivity contribution in [2.24, 2.45) is 0 Å². The van der Waals surface area contributed by atoms with Gasteiger partial charge in [-0.3, -0.25) is 14.4 Å². The van der Waals surface area contributed by atoms with Gasteiger partial charge < -0.3 is 14.2 Å². The molecule has 0 saturated heterocycles. The fourth-order valence-electron chi connectivity index (χ4n) is 11.0. The molecule has 0 aromatic heterocycles. The Labute approximate surface area is 517 Å². The molecule has 0 aromatic carbocycles. The van der Waals surface area contributed by atoms with Gasteiger partial charge in [-0.05, 0) is 89.9 Å². The van der Waals surface area contributed by atoms with Crippen LogP contribution in [0.2, 0.25) is 0 Å². The summed E-state index contributed by atoms with van der Waals surface area (Å²) in [6.45, 7) is 6.63. The maximum Gasteiger partial charge on any atom is 0.306 e. The molecule has 6 heteroatoms. The van der Waals surface area contributed by atoms with E-state index in [1.807, 2.05) is 0 Å². The molecule has 0 aromatic rings. The average molecular weight is 1160 g/mol. The van der Waals surface area contributed by atoms with Gasteiger partial charge in [-0.2, -0.15) is 0 Å². The van der Waals surface area contributed by atoms with Gasteiger partial charge in [0, 0.05) is 19.3 Å². The Kier molecular flexibility index (Phi) is 69.1. The highest BCUT2D eigenvalue weighted by molar-refractivity contribution is 5.71. The predicted molar refractivity (Wildman–Crippen MR) is 362 cm³/mol.